The van der Waals surface area contributed by atoms with Gasteiger partial charge in [-0.1, -0.05) is 12.1 Å². The number of fused-ring (bicyclic) bond motifs is 1. The maximum Gasteiger partial charge on any atom is 0.283 e. The molecule has 0 amide bonds. The third-order valence-electron chi connectivity index (χ3n) is 5.62. The zero-order valence-corrected chi connectivity index (χ0v) is 17.0. The van der Waals surface area contributed by atoms with Gasteiger partial charge in [0.15, 0.2) is 17.2 Å². The van der Waals surface area contributed by atoms with E-state index < -0.39 is 0 Å². The zero-order valence-electron chi connectivity index (χ0n) is 17.0. The SMILES string of the molecule is CC(C)N1C=CN(c2cccc(-c3nc4ccccc4n3C)[n+]2C)C1(C)C. The summed E-state index contributed by atoms with van der Waals surface area (Å²) in [6, 6.07) is 15.1. The summed E-state index contributed by atoms with van der Waals surface area (Å²) in [5.41, 5.74) is 3.13. The highest BCUT2D eigenvalue weighted by Crippen LogP contribution is 2.33. The number of para-hydroxylation sites is 2. The van der Waals surface area contributed by atoms with Gasteiger partial charge in [-0.25, -0.2) is 14.5 Å². The van der Waals surface area contributed by atoms with Gasteiger partial charge in [0.1, 0.15) is 6.20 Å². The standard InChI is InChI=1S/C22H28N5/c1-16(2)26-14-15-27(22(26,3)4)20-13-9-12-19(24(20)5)21-23-17-10-7-8-11-18(17)25(21)6/h7-16H,1-6H3/q+1. The Morgan fingerprint density at radius 1 is 1.00 bits per heavy atom. The molecule has 0 saturated heterocycles. The van der Waals surface area contributed by atoms with E-state index in [1.54, 1.807) is 0 Å². The Bertz CT molecular complexity index is 1030. The monoisotopic (exact) mass is 362 g/mol. The Labute approximate surface area is 161 Å². The lowest BCUT2D eigenvalue weighted by molar-refractivity contribution is -0.648. The zero-order chi connectivity index (χ0) is 19.3. The van der Waals surface area contributed by atoms with Crippen LogP contribution in [-0.4, -0.2) is 26.2 Å². The summed E-state index contributed by atoms with van der Waals surface area (Å²) in [6.45, 7) is 8.97. The second-order valence-electron chi connectivity index (χ2n) is 7.97. The number of rotatable bonds is 3. The van der Waals surface area contributed by atoms with Crippen LogP contribution < -0.4 is 9.47 Å². The van der Waals surface area contributed by atoms with Gasteiger partial charge in [0.25, 0.3) is 5.82 Å². The molecule has 0 N–H and O–H groups in total. The fraction of sp³-hybridized carbons (Fsp3) is 0.364. The van der Waals surface area contributed by atoms with Crippen molar-refractivity contribution in [1.82, 2.24) is 14.5 Å². The van der Waals surface area contributed by atoms with Gasteiger partial charge < -0.3 is 9.47 Å². The van der Waals surface area contributed by atoms with Crippen LogP contribution in [0.4, 0.5) is 5.82 Å². The lowest BCUT2D eigenvalue weighted by Crippen LogP contribution is -2.54. The second kappa shape index (κ2) is 6.12. The molecule has 0 saturated carbocycles. The number of aryl methyl sites for hydroxylation is 1. The van der Waals surface area contributed by atoms with Crippen LogP contribution in [0.15, 0.2) is 54.9 Å². The molecule has 5 heteroatoms. The van der Waals surface area contributed by atoms with Crippen molar-refractivity contribution in [3.05, 3.63) is 54.9 Å². The first-order valence-electron chi connectivity index (χ1n) is 9.49. The number of benzene rings is 1. The Hall–Kier alpha value is -2.82. The molecule has 0 atom stereocenters. The predicted molar refractivity (Wildman–Crippen MR) is 110 cm³/mol. The molecule has 0 unspecified atom stereocenters. The minimum absolute atomic E-state index is 0.128. The van der Waals surface area contributed by atoms with Crippen LogP contribution in [0.1, 0.15) is 27.7 Å². The van der Waals surface area contributed by atoms with E-state index in [4.69, 9.17) is 4.98 Å². The molecule has 2 aromatic heterocycles. The average molecular weight is 363 g/mol. The molecule has 27 heavy (non-hydrogen) atoms. The fourth-order valence-corrected chi connectivity index (χ4v) is 4.20. The van der Waals surface area contributed by atoms with Crippen LogP contribution in [0, 0.1) is 0 Å². The summed E-state index contributed by atoms with van der Waals surface area (Å²) in [5.74, 6) is 2.12. The van der Waals surface area contributed by atoms with E-state index in [1.165, 1.54) is 0 Å². The smallest absolute Gasteiger partial charge is 0.283 e. The molecular weight excluding hydrogens is 334 g/mol. The van der Waals surface area contributed by atoms with Gasteiger partial charge in [0.2, 0.25) is 0 Å². The number of nitrogens with zero attached hydrogens (tertiary/aromatic N) is 5. The Kier molecular flexibility index (Phi) is 3.98. The van der Waals surface area contributed by atoms with Gasteiger partial charge in [0.05, 0.1) is 18.1 Å². The first kappa shape index (κ1) is 17.6. The maximum absolute atomic E-state index is 4.89. The minimum atomic E-state index is -0.128. The van der Waals surface area contributed by atoms with Crippen LogP contribution in [0.3, 0.4) is 0 Å². The summed E-state index contributed by atoms with van der Waals surface area (Å²) in [5, 5.41) is 0. The van der Waals surface area contributed by atoms with Crippen LogP contribution in [0.5, 0.6) is 0 Å². The number of hydrogen-bond acceptors (Lipinski definition) is 3. The van der Waals surface area contributed by atoms with Crippen LogP contribution in [0.2, 0.25) is 0 Å². The number of anilines is 1. The molecule has 1 aliphatic heterocycles. The van der Waals surface area contributed by atoms with Crippen molar-refractivity contribution in [2.24, 2.45) is 14.1 Å². The van der Waals surface area contributed by atoms with Gasteiger partial charge in [-0.2, -0.15) is 0 Å². The van der Waals surface area contributed by atoms with Crippen molar-refractivity contribution < 1.29 is 4.57 Å². The second-order valence-corrected chi connectivity index (χ2v) is 7.97. The first-order valence-corrected chi connectivity index (χ1v) is 9.49. The summed E-state index contributed by atoms with van der Waals surface area (Å²) in [7, 11) is 4.20. The van der Waals surface area contributed by atoms with Crippen molar-refractivity contribution >= 4 is 16.9 Å². The molecule has 0 fully saturated rings. The van der Waals surface area contributed by atoms with Crippen molar-refractivity contribution in [3.63, 3.8) is 0 Å². The molecule has 1 aliphatic rings. The highest BCUT2D eigenvalue weighted by atomic mass is 15.5. The number of aromatic nitrogens is 3. The van der Waals surface area contributed by atoms with Crippen LogP contribution >= 0.6 is 0 Å². The maximum atomic E-state index is 4.89. The molecule has 1 aromatic carbocycles. The summed E-state index contributed by atoms with van der Waals surface area (Å²) in [6.07, 6.45) is 4.36. The molecule has 140 valence electrons. The summed E-state index contributed by atoms with van der Waals surface area (Å²) < 4.78 is 4.40. The van der Waals surface area contributed by atoms with Crippen LogP contribution in [-0.2, 0) is 14.1 Å². The van der Waals surface area contributed by atoms with E-state index >= 15 is 0 Å². The topological polar surface area (TPSA) is 28.2 Å². The molecule has 0 radical (unpaired) electrons. The first-order chi connectivity index (χ1) is 12.8. The minimum Gasteiger partial charge on any atom is -0.332 e. The fourth-order valence-electron chi connectivity index (χ4n) is 4.20. The third-order valence-corrected chi connectivity index (χ3v) is 5.62. The van der Waals surface area contributed by atoms with E-state index in [0.29, 0.717) is 6.04 Å². The molecule has 3 heterocycles. The molecular formula is C22H28N5+. The molecule has 5 nitrogen and oxygen atoms in total. The van der Waals surface area contributed by atoms with Crippen molar-refractivity contribution in [2.45, 2.75) is 39.4 Å². The highest BCUT2D eigenvalue weighted by molar-refractivity contribution is 5.79. The largest absolute Gasteiger partial charge is 0.332 e. The molecule has 3 aromatic rings. The summed E-state index contributed by atoms with van der Waals surface area (Å²) in [4.78, 5) is 9.60. The van der Waals surface area contributed by atoms with E-state index in [2.05, 4.69) is 110 Å². The van der Waals surface area contributed by atoms with Crippen molar-refractivity contribution in [3.8, 4) is 11.5 Å². The molecule has 0 bridgehead atoms. The van der Waals surface area contributed by atoms with E-state index in [9.17, 15) is 0 Å². The van der Waals surface area contributed by atoms with E-state index in [0.717, 1.165) is 28.4 Å². The summed E-state index contributed by atoms with van der Waals surface area (Å²) >= 11 is 0. The normalized spacial score (nSPS) is 16.1. The number of hydrogen-bond donors (Lipinski definition) is 0. The quantitative estimate of drug-likeness (QED) is 0.664. The van der Waals surface area contributed by atoms with Gasteiger partial charge >= 0.3 is 0 Å². The van der Waals surface area contributed by atoms with E-state index in [1.807, 2.05) is 6.07 Å². The Morgan fingerprint density at radius 2 is 1.74 bits per heavy atom. The van der Waals surface area contributed by atoms with Gasteiger partial charge in [-0.05, 0) is 52.0 Å². The Balaban J connectivity index is 1.83. The van der Waals surface area contributed by atoms with Gasteiger partial charge in [-0.3, -0.25) is 0 Å². The molecule has 0 spiro atoms. The van der Waals surface area contributed by atoms with Crippen molar-refractivity contribution in [1.29, 1.82) is 0 Å². The number of imidazole rings is 1. The van der Waals surface area contributed by atoms with Crippen molar-refractivity contribution in [2.75, 3.05) is 4.90 Å². The average Bonchev–Trinajstić information content (AvgIpc) is 3.12. The van der Waals surface area contributed by atoms with E-state index in [-0.39, 0.29) is 5.66 Å². The third kappa shape index (κ3) is 2.60. The molecule has 0 aliphatic carbocycles. The highest BCUT2D eigenvalue weighted by Gasteiger charge is 2.43. The van der Waals surface area contributed by atoms with Gasteiger partial charge in [-0.15, -0.1) is 0 Å². The lowest BCUT2D eigenvalue weighted by Gasteiger charge is -2.37. The van der Waals surface area contributed by atoms with Gasteiger partial charge in [0, 0.05) is 25.4 Å². The number of pyridine rings is 1. The molecule has 4 rings (SSSR count). The van der Waals surface area contributed by atoms with Crippen LogP contribution in [0.25, 0.3) is 22.6 Å². The Morgan fingerprint density at radius 3 is 2.41 bits per heavy atom. The predicted octanol–water partition coefficient (Wildman–Crippen LogP) is 3.80. The lowest BCUT2D eigenvalue weighted by atomic mass is 10.1.